The van der Waals surface area contributed by atoms with Gasteiger partial charge < -0.3 is 19.9 Å². The first-order valence-electron chi connectivity index (χ1n) is 10.5. The van der Waals surface area contributed by atoms with Crippen molar-refractivity contribution in [1.29, 1.82) is 0 Å². The second-order valence-corrected chi connectivity index (χ2v) is 8.35. The molecular weight excluding hydrogens is 362 g/mol. The fraction of sp³-hybridized carbons (Fsp3) is 0.542. The molecule has 2 heterocycles. The van der Waals surface area contributed by atoms with Crippen LogP contribution in [0.4, 0.5) is 4.79 Å². The molecule has 29 heavy (non-hydrogen) atoms. The Kier molecular flexibility index (Phi) is 8.16. The van der Waals surface area contributed by atoms with Crippen molar-refractivity contribution in [2.75, 3.05) is 19.6 Å². The van der Waals surface area contributed by atoms with Crippen LogP contribution in [-0.2, 0) is 4.74 Å². The summed E-state index contributed by atoms with van der Waals surface area (Å²) in [5.41, 5.74) is 8.31. The van der Waals surface area contributed by atoms with Crippen molar-refractivity contribution in [3.8, 4) is 11.8 Å². The normalized spacial score (nSPS) is 15.3. The van der Waals surface area contributed by atoms with Crippen molar-refractivity contribution in [2.45, 2.75) is 65.0 Å². The van der Waals surface area contributed by atoms with Crippen LogP contribution in [0.25, 0.3) is 12.2 Å². The molecule has 0 spiro atoms. The average molecular weight is 398 g/mol. The van der Waals surface area contributed by atoms with E-state index in [4.69, 9.17) is 10.5 Å². The number of rotatable bonds is 5. The molecule has 158 valence electrons. The van der Waals surface area contributed by atoms with Gasteiger partial charge >= 0.3 is 6.09 Å². The highest BCUT2D eigenvalue weighted by atomic mass is 16.6. The number of nitrogens with two attached hydrogens (primary N) is 1. The fourth-order valence-electron chi connectivity index (χ4n) is 3.52. The number of likely N-dealkylation sites (tertiary alicyclic amines) is 1. The zero-order valence-electron chi connectivity index (χ0n) is 18.3. The molecule has 1 aromatic heterocycles. The summed E-state index contributed by atoms with van der Waals surface area (Å²) in [6.07, 6.45) is 11.4. The monoisotopic (exact) mass is 397 g/mol. The number of ether oxygens (including phenoxy) is 1. The maximum absolute atomic E-state index is 12.3. The molecule has 0 atom stereocenters. The summed E-state index contributed by atoms with van der Waals surface area (Å²) in [7, 11) is 0. The van der Waals surface area contributed by atoms with Crippen molar-refractivity contribution < 1.29 is 9.53 Å². The van der Waals surface area contributed by atoms with Crippen LogP contribution in [0.5, 0.6) is 0 Å². The van der Waals surface area contributed by atoms with E-state index in [9.17, 15) is 4.79 Å². The summed E-state index contributed by atoms with van der Waals surface area (Å²) in [4.78, 5) is 14.1. The number of piperidine rings is 1. The number of carbonyl (C=O) groups is 1. The molecule has 5 nitrogen and oxygen atoms in total. The van der Waals surface area contributed by atoms with Crippen molar-refractivity contribution in [1.82, 2.24) is 9.47 Å². The average Bonchev–Trinajstić information content (AvgIpc) is 3.02. The first-order valence-corrected chi connectivity index (χ1v) is 10.5. The standard InChI is InChI=1S/C24H35N3O2/c1-6-11-21-19(12-9-8-10-15-25)18-27(22(21)7-2)20-13-16-26(17-14-20)23(28)29-24(3,4)5/h6-7,11,18,20H,2,8,10,13-17,25H2,1,3-5H3/b11-6-. The minimum absolute atomic E-state index is 0.228. The summed E-state index contributed by atoms with van der Waals surface area (Å²) < 4.78 is 7.79. The van der Waals surface area contributed by atoms with Crippen LogP contribution < -0.4 is 5.73 Å². The van der Waals surface area contributed by atoms with Gasteiger partial charge in [0.1, 0.15) is 5.60 Å². The quantitative estimate of drug-likeness (QED) is 0.572. The van der Waals surface area contributed by atoms with Gasteiger partial charge in [0.05, 0.1) is 5.56 Å². The van der Waals surface area contributed by atoms with E-state index >= 15 is 0 Å². The minimum Gasteiger partial charge on any atom is -0.444 e. The molecule has 5 heteroatoms. The molecule has 0 bridgehead atoms. The molecule has 2 N–H and O–H groups in total. The highest BCUT2D eigenvalue weighted by molar-refractivity contribution is 5.70. The number of unbranched alkanes of at least 4 members (excludes halogenated alkanes) is 1. The van der Waals surface area contributed by atoms with Gasteiger partial charge in [-0.25, -0.2) is 4.79 Å². The van der Waals surface area contributed by atoms with Crippen LogP contribution in [0.15, 0.2) is 18.9 Å². The highest BCUT2D eigenvalue weighted by Crippen LogP contribution is 2.30. The molecule has 1 fully saturated rings. The van der Waals surface area contributed by atoms with Gasteiger partial charge in [0, 0.05) is 43.0 Å². The molecule has 0 saturated carbocycles. The Hall–Kier alpha value is -2.45. The van der Waals surface area contributed by atoms with Crippen LogP contribution in [0.3, 0.4) is 0 Å². The Bertz CT molecular complexity index is 795. The SMILES string of the molecule is C=Cc1c(/C=C\C)c(C#CCCCN)cn1C1CCN(C(=O)OC(C)(C)C)CC1. The molecular formula is C24H35N3O2. The van der Waals surface area contributed by atoms with E-state index in [2.05, 4.69) is 35.3 Å². The van der Waals surface area contributed by atoms with Crippen LogP contribution in [0.1, 0.15) is 76.2 Å². The maximum Gasteiger partial charge on any atom is 0.410 e. The summed E-state index contributed by atoms with van der Waals surface area (Å²) >= 11 is 0. The van der Waals surface area contributed by atoms with Gasteiger partial charge in [-0.3, -0.25) is 0 Å². The Balaban J connectivity index is 2.19. The Morgan fingerprint density at radius 3 is 2.62 bits per heavy atom. The molecule has 1 aromatic rings. The summed E-state index contributed by atoms with van der Waals surface area (Å²) in [6, 6.07) is 0.310. The zero-order chi connectivity index (χ0) is 21.4. The van der Waals surface area contributed by atoms with Gasteiger partial charge in [0.2, 0.25) is 0 Å². The third kappa shape index (κ3) is 6.27. The Morgan fingerprint density at radius 2 is 2.07 bits per heavy atom. The van der Waals surface area contributed by atoms with E-state index in [0.717, 1.165) is 42.5 Å². The number of amides is 1. The lowest BCUT2D eigenvalue weighted by Gasteiger charge is -2.34. The molecule has 1 saturated heterocycles. The topological polar surface area (TPSA) is 60.5 Å². The van der Waals surface area contributed by atoms with E-state index in [1.165, 1.54) is 0 Å². The molecule has 0 aliphatic carbocycles. The first kappa shape index (κ1) is 22.8. The molecule has 1 aliphatic rings. The number of nitrogens with zero attached hydrogens (tertiary/aromatic N) is 2. The van der Waals surface area contributed by atoms with Gasteiger partial charge in [0.25, 0.3) is 0 Å². The summed E-state index contributed by atoms with van der Waals surface area (Å²) in [6.45, 7) is 13.8. The second kappa shape index (κ2) is 10.4. The molecule has 1 aliphatic heterocycles. The summed E-state index contributed by atoms with van der Waals surface area (Å²) in [5, 5.41) is 0. The van der Waals surface area contributed by atoms with Gasteiger partial charge in [-0.15, -0.1) is 0 Å². The smallest absolute Gasteiger partial charge is 0.410 e. The predicted molar refractivity (Wildman–Crippen MR) is 120 cm³/mol. The van der Waals surface area contributed by atoms with Crippen LogP contribution in [0.2, 0.25) is 0 Å². The highest BCUT2D eigenvalue weighted by Gasteiger charge is 2.28. The third-order valence-corrected chi connectivity index (χ3v) is 4.88. The molecule has 0 unspecified atom stereocenters. The van der Waals surface area contributed by atoms with Crippen molar-refractivity contribution in [3.63, 3.8) is 0 Å². The lowest BCUT2D eigenvalue weighted by molar-refractivity contribution is 0.0188. The Labute approximate surface area is 175 Å². The number of hydrogen-bond donors (Lipinski definition) is 1. The largest absolute Gasteiger partial charge is 0.444 e. The van der Waals surface area contributed by atoms with E-state index < -0.39 is 5.60 Å². The number of aromatic nitrogens is 1. The van der Waals surface area contributed by atoms with Crippen LogP contribution >= 0.6 is 0 Å². The van der Waals surface area contributed by atoms with E-state index in [0.29, 0.717) is 25.7 Å². The van der Waals surface area contributed by atoms with Gasteiger partial charge in [-0.05, 0) is 59.6 Å². The fourth-order valence-corrected chi connectivity index (χ4v) is 3.52. The maximum atomic E-state index is 12.3. The first-order chi connectivity index (χ1) is 13.8. The number of hydrogen-bond acceptors (Lipinski definition) is 3. The van der Waals surface area contributed by atoms with Gasteiger partial charge in [-0.2, -0.15) is 0 Å². The predicted octanol–water partition coefficient (Wildman–Crippen LogP) is 4.83. The lowest BCUT2D eigenvalue weighted by atomic mass is 10.0. The van der Waals surface area contributed by atoms with E-state index in [1.807, 2.05) is 39.8 Å². The van der Waals surface area contributed by atoms with Crippen molar-refractivity contribution in [2.24, 2.45) is 5.73 Å². The van der Waals surface area contributed by atoms with Gasteiger partial charge in [-0.1, -0.05) is 30.6 Å². The van der Waals surface area contributed by atoms with Crippen molar-refractivity contribution >= 4 is 18.2 Å². The van der Waals surface area contributed by atoms with Crippen LogP contribution in [0, 0.1) is 11.8 Å². The van der Waals surface area contributed by atoms with Crippen molar-refractivity contribution in [3.05, 3.63) is 35.7 Å². The zero-order valence-corrected chi connectivity index (χ0v) is 18.3. The lowest BCUT2D eigenvalue weighted by Crippen LogP contribution is -2.42. The van der Waals surface area contributed by atoms with E-state index in [1.54, 1.807) is 4.90 Å². The van der Waals surface area contributed by atoms with E-state index in [-0.39, 0.29) is 6.09 Å². The summed E-state index contributed by atoms with van der Waals surface area (Å²) in [5.74, 6) is 6.54. The van der Waals surface area contributed by atoms with Crippen LogP contribution in [-0.4, -0.2) is 40.8 Å². The Morgan fingerprint density at radius 1 is 1.38 bits per heavy atom. The number of allylic oxidation sites excluding steroid dienone is 1. The number of carbonyl (C=O) groups excluding carboxylic acids is 1. The third-order valence-electron chi connectivity index (χ3n) is 4.88. The molecule has 0 radical (unpaired) electrons. The second-order valence-electron chi connectivity index (χ2n) is 8.35. The van der Waals surface area contributed by atoms with Gasteiger partial charge in [0.15, 0.2) is 0 Å². The molecule has 0 aromatic carbocycles. The molecule has 1 amide bonds. The minimum atomic E-state index is -0.469. The molecule has 2 rings (SSSR count).